The van der Waals surface area contributed by atoms with Crippen LogP contribution in [0.3, 0.4) is 0 Å². The van der Waals surface area contributed by atoms with Gasteiger partial charge in [0.25, 0.3) is 0 Å². The number of carbonyl (C=O) groups is 2. The fraction of sp³-hybridized carbons (Fsp3) is 0.867. The molecule has 2 bridgehead atoms. The van der Waals surface area contributed by atoms with Gasteiger partial charge in [0.2, 0.25) is 0 Å². The molecule has 8 heteroatoms. The van der Waals surface area contributed by atoms with Gasteiger partial charge in [-0.2, -0.15) is 0 Å². The van der Waals surface area contributed by atoms with Gasteiger partial charge in [-0.25, -0.2) is 13.2 Å². The molecule has 3 aliphatic heterocycles. The highest BCUT2D eigenvalue weighted by molar-refractivity contribution is 7.92. The van der Waals surface area contributed by atoms with E-state index in [4.69, 9.17) is 14.2 Å². The minimum atomic E-state index is -3.15. The molecule has 3 heterocycles. The van der Waals surface area contributed by atoms with Crippen LogP contribution in [0.2, 0.25) is 0 Å². The number of rotatable bonds is 5. The third kappa shape index (κ3) is 2.76. The molecule has 0 spiro atoms. The van der Waals surface area contributed by atoms with Crippen molar-refractivity contribution in [3.63, 3.8) is 0 Å². The van der Waals surface area contributed by atoms with Crippen molar-refractivity contribution in [1.29, 1.82) is 0 Å². The molecular weight excluding hydrogens is 324 g/mol. The smallest absolute Gasteiger partial charge is 0.344 e. The average molecular weight is 346 g/mol. The fourth-order valence-corrected chi connectivity index (χ4v) is 5.83. The van der Waals surface area contributed by atoms with Crippen molar-refractivity contribution >= 4 is 21.8 Å². The summed E-state index contributed by atoms with van der Waals surface area (Å²) < 4.78 is 40.0. The van der Waals surface area contributed by atoms with Crippen LogP contribution in [0, 0.1) is 11.3 Å². The van der Waals surface area contributed by atoms with Crippen LogP contribution in [0.15, 0.2) is 0 Å². The molecule has 0 aliphatic carbocycles. The predicted molar refractivity (Wildman–Crippen MR) is 79.3 cm³/mol. The summed E-state index contributed by atoms with van der Waals surface area (Å²) in [6.45, 7) is 4.89. The Morgan fingerprint density at radius 1 is 1.30 bits per heavy atom. The van der Waals surface area contributed by atoms with Crippen molar-refractivity contribution in [3.05, 3.63) is 0 Å². The summed E-state index contributed by atoms with van der Waals surface area (Å²) in [4.78, 5) is 23.8. The Hall–Kier alpha value is -1.15. The number of esters is 2. The van der Waals surface area contributed by atoms with Gasteiger partial charge in [0.1, 0.15) is 6.10 Å². The zero-order valence-electron chi connectivity index (χ0n) is 13.5. The maximum atomic E-state index is 12.0. The van der Waals surface area contributed by atoms with E-state index >= 15 is 0 Å². The van der Waals surface area contributed by atoms with Crippen LogP contribution in [0.25, 0.3) is 0 Å². The van der Waals surface area contributed by atoms with Crippen molar-refractivity contribution in [2.24, 2.45) is 11.3 Å². The summed E-state index contributed by atoms with van der Waals surface area (Å²) in [5.41, 5.74) is -0.650. The maximum absolute atomic E-state index is 12.0. The van der Waals surface area contributed by atoms with E-state index in [1.54, 1.807) is 13.8 Å². The highest BCUT2D eigenvalue weighted by Gasteiger charge is 2.65. The second-order valence-electron chi connectivity index (χ2n) is 7.17. The van der Waals surface area contributed by atoms with Gasteiger partial charge in [-0.3, -0.25) is 4.79 Å². The van der Waals surface area contributed by atoms with Gasteiger partial charge in [-0.1, -0.05) is 6.92 Å². The molecule has 5 atom stereocenters. The van der Waals surface area contributed by atoms with Crippen LogP contribution in [0.4, 0.5) is 0 Å². The first kappa shape index (κ1) is 16.7. The van der Waals surface area contributed by atoms with Crippen LogP contribution >= 0.6 is 0 Å². The highest BCUT2D eigenvalue weighted by Crippen LogP contribution is 2.49. The van der Waals surface area contributed by atoms with Gasteiger partial charge in [-0.15, -0.1) is 0 Å². The third-order valence-electron chi connectivity index (χ3n) is 5.28. The predicted octanol–water partition coefficient (Wildman–Crippen LogP) is 0.462. The topological polar surface area (TPSA) is 96.0 Å². The zero-order valence-corrected chi connectivity index (χ0v) is 14.3. The van der Waals surface area contributed by atoms with E-state index < -0.39 is 45.2 Å². The normalized spacial score (nSPS) is 36.9. The fourth-order valence-electron chi connectivity index (χ4n) is 3.50. The van der Waals surface area contributed by atoms with Crippen LogP contribution in [0.1, 0.15) is 33.6 Å². The Morgan fingerprint density at radius 2 is 2.00 bits per heavy atom. The molecule has 3 rings (SSSR count). The molecule has 3 saturated heterocycles. The van der Waals surface area contributed by atoms with Crippen molar-refractivity contribution in [3.8, 4) is 0 Å². The Balaban J connectivity index is 1.55. The second-order valence-corrected chi connectivity index (χ2v) is 9.44. The van der Waals surface area contributed by atoms with Crippen molar-refractivity contribution in [2.75, 3.05) is 12.4 Å². The SMILES string of the molecule is CCC(C)(C)C(=O)OCC(=O)OC1C2CC3C(O2)C1CS3(=O)=O. The number of hydrogen-bond donors (Lipinski definition) is 0. The second kappa shape index (κ2) is 5.44. The summed E-state index contributed by atoms with van der Waals surface area (Å²) in [6, 6.07) is 0. The van der Waals surface area contributed by atoms with E-state index in [0.717, 1.165) is 0 Å². The highest BCUT2D eigenvalue weighted by atomic mass is 32.2. The molecule has 23 heavy (non-hydrogen) atoms. The molecule has 0 aromatic carbocycles. The lowest BCUT2D eigenvalue weighted by Crippen LogP contribution is -2.39. The van der Waals surface area contributed by atoms with Crippen LogP contribution in [-0.2, 0) is 33.6 Å². The molecule has 3 aliphatic rings. The maximum Gasteiger partial charge on any atom is 0.344 e. The quantitative estimate of drug-likeness (QED) is 0.667. The van der Waals surface area contributed by atoms with Crippen molar-refractivity contribution in [2.45, 2.75) is 57.2 Å². The minimum Gasteiger partial charge on any atom is -0.457 e. The molecule has 0 N–H and O–H groups in total. The molecule has 7 nitrogen and oxygen atoms in total. The van der Waals surface area contributed by atoms with Gasteiger partial charge in [0.15, 0.2) is 16.4 Å². The number of hydrogen-bond acceptors (Lipinski definition) is 7. The molecule has 0 amide bonds. The van der Waals surface area contributed by atoms with Gasteiger partial charge < -0.3 is 14.2 Å². The lowest BCUT2D eigenvalue weighted by molar-refractivity contribution is -0.169. The largest absolute Gasteiger partial charge is 0.457 e. The van der Waals surface area contributed by atoms with Crippen LogP contribution in [-0.4, -0.2) is 56.3 Å². The van der Waals surface area contributed by atoms with E-state index in [2.05, 4.69) is 0 Å². The molecule has 0 saturated carbocycles. The summed E-state index contributed by atoms with van der Waals surface area (Å²) in [5, 5.41) is -0.448. The number of sulfone groups is 1. The Labute approximate surface area is 135 Å². The number of carbonyl (C=O) groups excluding carboxylic acids is 2. The Morgan fingerprint density at radius 3 is 2.65 bits per heavy atom. The molecule has 3 fully saturated rings. The number of fused-ring (bicyclic) bond motifs is 1. The first-order valence-electron chi connectivity index (χ1n) is 7.89. The lowest BCUT2D eigenvalue weighted by Gasteiger charge is -2.24. The van der Waals surface area contributed by atoms with Gasteiger partial charge in [0, 0.05) is 5.92 Å². The van der Waals surface area contributed by atoms with E-state index in [1.807, 2.05) is 6.92 Å². The average Bonchev–Trinajstić information content (AvgIpc) is 3.08. The first-order chi connectivity index (χ1) is 10.7. The van der Waals surface area contributed by atoms with Crippen molar-refractivity contribution < 1.29 is 32.2 Å². The monoisotopic (exact) mass is 346 g/mol. The summed E-state index contributed by atoms with van der Waals surface area (Å²) in [5.74, 6) is -1.41. The van der Waals surface area contributed by atoms with E-state index in [1.165, 1.54) is 0 Å². The third-order valence-corrected chi connectivity index (χ3v) is 7.52. The van der Waals surface area contributed by atoms with Gasteiger partial charge in [0.05, 0.1) is 28.6 Å². The minimum absolute atomic E-state index is 0.000562. The van der Waals surface area contributed by atoms with E-state index in [9.17, 15) is 18.0 Å². The van der Waals surface area contributed by atoms with Crippen LogP contribution in [0.5, 0.6) is 0 Å². The lowest BCUT2D eigenvalue weighted by atomic mass is 9.88. The Bertz CT molecular complexity index is 624. The molecule has 5 unspecified atom stereocenters. The molecule has 0 radical (unpaired) electrons. The standard InChI is InChI=1S/C15H22O7S/c1-4-15(2,3)14(17)20-6-11(16)22-12-8-7-23(18,19)10-5-9(12)21-13(8)10/h8-10,12-13H,4-7H2,1-3H3. The molecule has 0 aromatic rings. The van der Waals surface area contributed by atoms with Crippen molar-refractivity contribution in [1.82, 2.24) is 0 Å². The Kier molecular flexibility index (Phi) is 3.95. The van der Waals surface area contributed by atoms with E-state index in [-0.39, 0.29) is 23.9 Å². The summed E-state index contributed by atoms with van der Waals surface area (Å²) >= 11 is 0. The summed E-state index contributed by atoms with van der Waals surface area (Å²) in [7, 11) is -3.15. The van der Waals surface area contributed by atoms with Crippen LogP contribution < -0.4 is 0 Å². The molecule has 0 aromatic heterocycles. The molecule has 130 valence electrons. The summed E-state index contributed by atoms with van der Waals surface area (Å²) in [6.07, 6.45) is -0.297. The zero-order chi connectivity index (χ0) is 17.0. The molecular formula is C15H22O7S. The number of ether oxygens (including phenoxy) is 3. The van der Waals surface area contributed by atoms with Gasteiger partial charge >= 0.3 is 11.9 Å². The first-order valence-corrected chi connectivity index (χ1v) is 9.61. The van der Waals surface area contributed by atoms with Gasteiger partial charge in [-0.05, 0) is 26.7 Å². The van der Waals surface area contributed by atoms with E-state index in [0.29, 0.717) is 12.8 Å².